The Morgan fingerprint density at radius 3 is 2.58 bits per heavy atom. The molecule has 3 heterocycles. The Labute approximate surface area is 187 Å². The maximum atomic E-state index is 14.0. The van der Waals surface area contributed by atoms with Crippen LogP contribution in [0, 0.1) is 0 Å². The average Bonchev–Trinajstić information content (AvgIpc) is 3.22. The Balaban J connectivity index is 1.85. The Morgan fingerprint density at radius 2 is 1.88 bits per heavy atom. The summed E-state index contributed by atoms with van der Waals surface area (Å²) in [4.78, 5) is 8.25. The molecule has 33 heavy (non-hydrogen) atoms. The van der Waals surface area contributed by atoms with E-state index >= 15 is 0 Å². The summed E-state index contributed by atoms with van der Waals surface area (Å²) >= 11 is 0. The summed E-state index contributed by atoms with van der Waals surface area (Å²) in [5.41, 5.74) is 6.94. The predicted molar refractivity (Wildman–Crippen MR) is 117 cm³/mol. The quantitative estimate of drug-likeness (QED) is 0.313. The van der Waals surface area contributed by atoms with Crippen LogP contribution in [0.3, 0.4) is 0 Å². The zero-order valence-electron chi connectivity index (χ0n) is 17.7. The van der Waals surface area contributed by atoms with E-state index in [0.717, 1.165) is 0 Å². The van der Waals surface area contributed by atoms with Gasteiger partial charge in [0.1, 0.15) is 5.82 Å². The average molecular weight is 458 g/mol. The number of rotatable bonds is 8. The molecule has 0 aliphatic heterocycles. The topological polar surface area (TPSA) is 90.8 Å². The maximum Gasteiger partial charge on any atom is 0.491 e. The van der Waals surface area contributed by atoms with E-state index in [4.69, 9.17) is 15.2 Å². The van der Waals surface area contributed by atoms with E-state index in [1.165, 1.54) is 54.4 Å². The number of benzene rings is 1. The number of halogens is 3. The van der Waals surface area contributed by atoms with Gasteiger partial charge in [0.25, 0.3) is 0 Å². The Hall–Kier alpha value is -3.86. The van der Waals surface area contributed by atoms with Gasteiger partial charge in [0.05, 0.1) is 25.6 Å². The molecule has 4 rings (SSSR count). The first kappa shape index (κ1) is 22.3. The van der Waals surface area contributed by atoms with Crippen molar-refractivity contribution in [3.8, 4) is 22.8 Å². The molecule has 0 atom stereocenters. The highest BCUT2D eigenvalue weighted by molar-refractivity contribution is 5.73. The third-order valence-electron chi connectivity index (χ3n) is 4.78. The minimum Gasteiger partial charge on any atom is -0.493 e. The summed E-state index contributed by atoms with van der Waals surface area (Å²) in [6.45, 7) is 0.798. The molecule has 3 aromatic heterocycles. The summed E-state index contributed by atoms with van der Waals surface area (Å²) in [6, 6.07) is 12.2. The van der Waals surface area contributed by atoms with Crippen molar-refractivity contribution >= 4 is 17.3 Å². The van der Waals surface area contributed by atoms with Crippen molar-refractivity contribution in [2.45, 2.75) is 12.7 Å². The van der Waals surface area contributed by atoms with Crippen LogP contribution in [0.5, 0.6) is 11.5 Å². The van der Waals surface area contributed by atoms with Gasteiger partial charge < -0.3 is 15.2 Å². The molecule has 0 spiro atoms. The van der Waals surface area contributed by atoms with Crippen molar-refractivity contribution < 1.29 is 22.6 Å². The smallest absolute Gasteiger partial charge is 0.491 e. The molecule has 4 aromatic rings. The van der Waals surface area contributed by atoms with Crippen molar-refractivity contribution in [1.29, 1.82) is 0 Å². The molecule has 172 valence electrons. The van der Waals surface area contributed by atoms with Crippen LogP contribution >= 0.6 is 0 Å². The highest BCUT2D eigenvalue weighted by Crippen LogP contribution is 2.39. The van der Waals surface area contributed by atoms with Gasteiger partial charge in [-0.05, 0) is 49.4 Å². The van der Waals surface area contributed by atoms with Gasteiger partial charge in [-0.1, -0.05) is 12.1 Å². The number of methoxy groups -OCH3 is 1. The molecule has 0 radical (unpaired) electrons. The molecular formula is C22H21F3N6O2. The standard InChI is InChI=1S/C22H21F3N6O2/c1-32-17-7-4-6-15(21(17)33-13-5-11-26)16-14-28-19-9-10-20(29-31(16)19)30(22(23,24)25)18-8-2-3-12-27-18/h2-4,6-10,12,14H,5,11,13,26H2,1H3. The van der Waals surface area contributed by atoms with Crippen LogP contribution in [0.25, 0.3) is 16.9 Å². The molecule has 0 aliphatic rings. The molecule has 1 aromatic carbocycles. The lowest BCUT2D eigenvalue weighted by Crippen LogP contribution is -2.35. The fraction of sp³-hybridized carbons (Fsp3) is 0.227. The molecule has 0 fully saturated rings. The first-order valence-electron chi connectivity index (χ1n) is 10.1. The number of para-hydroxylation sites is 1. The van der Waals surface area contributed by atoms with Gasteiger partial charge in [0.15, 0.2) is 23.0 Å². The lowest BCUT2D eigenvalue weighted by Gasteiger charge is -2.24. The number of hydrogen-bond acceptors (Lipinski definition) is 7. The van der Waals surface area contributed by atoms with Crippen LogP contribution in [0.1, 0.15) is 6.42 Å². The molecule has 2 N–H and O–H groups in total. The number of fused-ring (bicyclic) bond motifs is 1. The number of nitrogens with zero attached hydrogens (tertiary/aromatic N) is 5. The monoisotopic (exact) mass is 458 g/mol. The van der Waals surface area contributed by atoms with Crippen LogP contribution < -0.4 is 20.1 Å². The third-order valence-corrected chi connectivity index (χ3v) is 4.78. The zero-order chi connectivity index (χ0) is 23.4. The molecule has 0 unspecified atom stereocenters. The second kappa shape index (κ2) is 9.33. The van der Waals surface area contributed by atoms with Crippen LogP contribution in [-0.4, -0.2) is 46.1 Å². The number of nitrogens with two attached hydrogens (primary N) is 1. The van der Waals surface area contributed by atoms with E-state index in [9.17, 15) is 13.2 Å². The number of aromatic nitrogens is 4. The summed E-state index contributed by atoms with van der Waals surface area (Å²) in [7, 11) is 1.51. The third kappa shape index (κ3) is 4.53. The summed E-state index contributed by atoms with van der Waals surface area (Å²) < 4.78 is 54.5. The van der Waals surface area contributed by atoms with Gasteiger partial charge in [0.2, 0.25) is 0 Å². The van der Waals surface area contributed by atoms with Crippen molar-refractivity contribution in [3.05, 3.63) is 60.9 Å². The van der Waals surface area contributed by atoms with E-state index in [1.54, 1.807) is 18.2 Å². The number of hydrogen-bond donors (Lipinski definition) is 1. The second-order valence-electron chi connectivity index (χ2n) is 6.92. The van der Waals surface area contributed by atoms with Gasteiger partial charge in [-0.3, -0.25) is 0 Å². The van der Waals surface area contributed by atoms with Gasteiger partial charge in [-0.15, -0.1) is 18.3 Å². The fourth-order valence-electron chi connectivity index (χ4n) is 3.31. The fourth-order valence-corrected chi connectivity index (χ4v) is 3.31. The SMILES string of the molecule is COc1cccc(-c2cnc3ccc(N(c4ccccn4)C(F)(F)F)nn23)c1OCCCN. The van der Waals surface area contributed by atoms with Crippen LogP contribution in [0.15, 0.2) is 60.9 Å². The van der Waals surface area contributed by atoms with E-state index in [0.29, 0.717) is 48.0 Å². The first-order chi connectivity index (χ1) is 15.9. The summed E-state index contributed by atoms with van der Waals surface area (Å²) in [5, 5.41) is 4.25. The van der Waals surface area contributed by atoms with Crippen LogP contribution in [0.4, 0.5) is 24.8 Å². The number of alkyl halides is 3. The molecule has 0 aliphatic carbocycles. The molecule has 0 saturated carbocycles. The van der Waals surface area contributed by atoms with Crippen molar-refractivity contribution in [1.82, 2.24) is 19.6 Å². The lowest BCUT2D eigenvalue weighted by molar-refractivity contribution is -0.121. The first-order valence-corrected chi connectivity index (χ1v) is 10.1. The normalized spacial score (nSPS) is 11.5. The zero-order valence-corrected chi connectivity index (χ0v) is 17.7. The van der Waals surface area contributed by atoms with Gasteiger partial charge in [-0.2, -0.15) is 0 Å². The Kier molecular flexibility index (Phi) is 6.31. The minimum absolute atomic E-state index is 0.112. The predicted octanol–water partition coefficient (Wildman–Crippen LogP) is 4.19. The largest absolute Gasteiger partial charge is 0.493 e. The number of imidazole rings is 1. The van der Waals surface area contributed by atoms with E-state index in [1.807, 2.05) is 0 Å². The molecule has 0 amide bonds. The maximum absolute atomic E-state index is 14.0. The van der Waals surface area contributed by atoms with Crippen LogP contribution in [-0.2, 0) is 0 Å². The van der Waals surface area contributed by atoms with E-state index in [2.05, 4.69) is 15.1 Å². The van der Waals surface area contributed by atoms with E-state index in [-0.39, 0.29) is 16.5 Å². The summed E-state index contributed by atoms with van der Waals surface area (Å²) in [5.74, 6) is 0.244. The Morgan fingerprint density at radius 1 is 1.03 bits per heavy atom. The minimum atomic E-state index is -4.75. The van der Waals surface area contributed by atoms with Gasteiger partial charge >= 0.3 is 6.30 Å². The molecule has 0 saturated heterocycles. The molecule has 0 bridgehead atoms. The molecular weight excluding hydrogens is 437 g/mol. The van der Waals surface area contributed by atoms with Crippen molar-refractivity contribution in [2.75, 3.05) is 25.2 Å². The number of anilines is 2. The van der Waals surface area contributed by atoms with Crippen molar-refractivity contribution in [2.24, 2.45) is 5.73 Å². The second-order valence-corrected chi connectivity index (χ2v) is 6.92. The highest BCUT2D eigenvalue weighted by Gasteiger charge is 2.41. The summed E-state index contributed by atoms with van der Waals surface area (Å²) in [6.07, 6.45) is -1.31. The van der Waals surface area contributed by atoms with Gasteiger partial charge in [0, 0.05) is 11.8 Å². The number of pyridine rings is 1. The van der Waals surface area contributed by atoms with Crippen molar-refractivity contribution in [3.63, 3.8) is 0 Å². The highest BCUT2D eigenvalue weighted by atomic mass is 19.4. The number of ether oxygens (including phenoxy) is 2. The van der Waals surface area contributed by atoms with Crippen LogP contribution in [0.2, 0.25) is 0 Å². The molecule has 11 heteroatoms. The molecule has 8 nitrogen and oxygen atoms in total. The Bertz CT molecular complexity index is 1230. The van der Waals surface area contributed by atoms with E-state index < -0.39 is 6.30 Å². The lowest BCUT2D eigenvalue weighted by atomic mass is 10.1. The van der Waals surface area contributed by atoms with Gasteiger partial charge in [-0.25, -0.2) is 19.4 Å².